The number of hydrogen-bond donors (Lipinski definition) is 2. The van der Waals surface area contributed by atoms with Crippen molar-refractivity contribution in [3.05, 3.63) is 47.7 Å². The van der Waals surface area contributed by atoms with Gasteiger partial charge >= 0.3 is 0 Å². The minimum absolute atomic E-state index is 0.00215. The first-order valence-electron chi connectivity index (χ1n) is 5.48. The third kappa shape index (κ3) is 3.12. The maximum absolute atomic E-state index is 13.2. The average Bonchev–Trinajstić information content (AvgIpc) is 2.76. The number of halogens is 1. The quantitative estimate of drug-likeness (QED) is 0.838. The second kappa shape index (κ2) is 5.02. The van der Waals surface area contributed by atoms with Crippen molar-refractivity contribution < 1.29 is 17.2 Å². The lowest BCUT2D eigenvalue weighted by atomic mass is 10.3. The lowest BCUT2D eigenvalue weighted by Crippen LogP contribution is -2.23. The van der Waals surface area contributed by atoms with Crippen LogP contribution in [0.25, 0.3) is 0 Å². The Morgan fingerprint density at radius 2 is 2.05 bits per heavy atom. The Hall–Kier alpha value is -1.86. The van der Waals surface area contributed by atoms with Crippen molar-refractivity contribution in [1.29, 1.82) is 0 Å². The second-order valence-electron chi connectivity index (χ2n) is 4.02. The van der Waals surface area contributed by atoms with E-state index in [-0.39, 0.29) is 17.1 Å². The van der Waals surface area contributed by atoms with Crippen LogP contribution < -0.4 is 10.5 Å². The number of anilines is 1. The molecule has 0 amide bonds. The highest BCUT2D eigenvalue weighted by Gasteiger charge is 2.16. The lowest BCUT2D eigenvalue weighted by molar-refractivity contribution is 0.475. The molecule has 1 aromatic carbocycles. The molecule has 2 rings (SSSR count). The fourth-order valence-electron chi connectivity index (χ4n) is 1.50. The van der Waals surface area contributed by atoms with Gasteiger partial charge in [-0.05, 0) is 37.3 Å². The van der Waals surface area contributed by atoms with Gasteiger partial charge in [-0.1, -0.05) is 0 Å². The first kappa shape index (κ1) is 13.6. The van der Waals surface area contributed by atoms with Gasteiger partial charge in [0.15, 0.2) is 0 Å². The third-order valence-electron chi connectivity index (χ3n) is 2.51. The predicted octanol–water partition coefficient (Wildman–Crippen LogP) is 1.79. The van der Waals surface area contributed by atoms with Crippen molar-refractivity contribution in [2.75, 3.05) is 5.73 Å². The van der Waals surface area contributed by atoms with Crippen molar-refractivity contribution in [3.63, 3.8) is 0 Å². The van der Waals surface area contributed by atoms with E-state index >= 15 is 0 Å². The normalized spacial score (nSPS) is 11.7. The molecule has 0 spiro atoms. The molecule has 0 aliphatic rings. The molecular weight excluding hydrogens is 271 g/mol. The predicted molar refractivity (Wildman–Crippen MR) is 68.3 cm³/mol. The van der Waals surface area contributed by atoms with Gasteiger partial charge < -0.3 is 10.2 Å². The van der Waals surface area contributed by atoms with Gasteiger partial charge in [0.2, 0.25) is 10.0 Å². The molecule has 0 aliphatic heterocycles. The summed E-state index contributed by atoms with van der Waals surface area (Å²) in [4.78, 5) is -0.178. The Morgan fingerprint density at radius 1 is 1.32 bits per heavy atom. The number of furan rings is 1. The maximum Gasteiger partial charge on any atom is 0.241 e. The van der Waals surface area contributed by atoms with Gasteiger partial charge in [0.25, 0.3) is 0 Å². The molecule has 102 valence electrons. The molecule has 7 heteroatoms. The summed E-state index contributed by atoms with van der Waals surface area (Å²) in [6, 6.07) is 6.73. The molecular formula is C12H13FN2O3S. The van der Waals surface area contributed by atoms with E-state index in [1.165, 1.54) is 12.1 Å². The second-order valence-corrected chi connectivity index (χ2v) is 5.79. The molecule has 5 nitrogen and oxygen atoms in total. The van der Waals surface area contributed by atoms with E-state index < -0.39 is 15.8 Å². The van der Waals surface area contributed by atoms with Crippen LogP contribution >= 0.6 is 0 Å². The van der Waals surface area contributed by atoms with Gasteiger partial charge in [0.1, 0.15) is 17.3 Å². The fraction of sp³-hybridized carbons (Fsp3) is 0.167. The summed E-state index contributed by atoms with van der Waals surface area (Å²) in [6.07, 6.45) is 0. The standard InChI is InChI=1S/C12H13FN2O3S/c1-8-2-3-9(18-8)7-15-19(16,17)10-4-5-12(14)11(13)6-10/h2-6,15H,7,14H2,1H3. The molecule has 0 atom stereocenters. The zero-order valence-electron chi connectivity index (χ0n) is 10.2. The van der Waals surface area contributed by atoms with E-state index in [1.54, 1.807) is 19.1 Å². The van der Waals surface area contributed by atoms with Crippen LogP contribution in [0.1, 0.15) is 11.5 Å². The molecule has 0 saturated heterocycles. The minimum atomic E-state index is -3.79. The lowest BCUT2D eigenvalue weighted by Gasteiger charge is -2.06. The van der Waals surface area contributed by atoms with Crippen LogP contribution in [0.2, 0.25) is 0 Å². The monoisotopic (exact) mass is 284 g/mol. The highest BCUT2D eigenvalue weighted by atomic mass is 32.2. The van der Waals surface area contributed by atoms with Crippen LogP contribution in [0.15, 0.2) is 39.6 Å². The zero-order valence-corrected chi connectivity index (χ0v) is 11.0. The number of nitrogen functional groups attached to an aromatic ring is 1. The summed E-state index contributed by atoms with van der Waals surface area (Å²) in [7, 11) is -3.79. The number of hydrogen-bond acceptors (Lipinski definition) is 4. The number of sulfonamides is 1. The number of rotatable bonds is 4. The van der Waals surface area contributed by atoms with Gasteiger partial charge in [-0.3, -0.25) is 0 Å². The van der Waals surface area contributed by atoms with E-state index in [4.69, 9.17) is 10.2 Å². The Bertz CT molecular complexity index is 695. The molecule has 1 aromatic heterocycles. The van der Waals surface area contributed by atoms with E-state index in [0.717, 1.165) is 6.07 Å². The van der Waals surface area contributed by atoms with Crippen LogP contribution in [0.3, 0.4) is 0 Å². The van der Waals surface area contributed by atoms with Gasteiger partial charge in [-0.15, -0.1) is 0 Å². The SMILES string of the molecule is Cc1ccc(CNS(=O)(=O)c2ccc(N)c(F)c2)o1. The topological polar surface area (TPSA) is 85.3 Å². The number of aryl methyl sites for hydroxylation is 1. The number of nitrogens with two attached hydrogens (primary N) is 1. The minimum Gasteiger partial charge on any atom is -0.465 e. The number of nitrogens with one attached hydrogen (secondary N) is 1. The summed E-state index contributed by atoms with van der Waals surface area (Å²) in [5, 5.41) is 0. The summed E-state index contributed by atoms with van der Waals surface area (Å²) in [6.45, 7) is 1.76. The van der Waals surface area contributed by atoms with Crippen LogP contribution in [-0.2, 0) is 16.6 Å². The molecule has 3 N–H and O–H groups in total. The smallest absolute Gasteiger partial charge is 0.241 e. The van der Waals surface area contributed by atoms with Crippen LogP contribution in [0.5, 0.6) is 0 Å². The van der Waals surface area contributed by atoms with Gasteiger partial charge in [0.05, 0.1) is 17.1 Å². The van der Waals surface area contributed by atoms with E-state index in [0.29, 0.717) is 11.5 Å². The Labute approximate surface area is 110 Å². The van der Waals surface area contributed by atoms with Gasteiger partial charge in [0, 0.05) is 0 Å². The molecule has 0 unspecified atom stereocenters. The molecule has 1 heterocycles. The van der Waals surface area contributed by atoms with Gasteiger partial charge in [-0.2, -0.15) is 0 Å². The van der Waals surface area contributed by atoms with Crippen molar-refractivity contribution >= 4 is 15.7 Å². The molecule has 19 heavy (non-hydrogen) atoms. The molecule has 0 saturated carbocycles. The average molecular weight is 284 g/mol. The molecule has 0 radical (unpaired) electrons. The van der Waals surface area contributed by atoms with E-state index in [2.05, 4.69) is 4.72 Å². The van der Waals surface area contributed by atoms with Crippen LogP contribution in [-0.4, -0.2) is 8.42 Å². The summed E-state index contributed by atoms with van der Waals surface area (Å²) >= 11 is 0. The van der Waals surface area contributed by atoms with E-state index in [9.17, 15) is 12.8 Å². The highest BCUT2D eigenvalue weighted by molar-refractivity contribution is 7.89. The van der Waals surface area contributed by atoms with Crippen LogP contribution in [0.4, 0.5) is 10.1 Å². The largest absolute Gasteiger partial charge is 0.465 e. The zero-order chi connectivity index (χ0) is 14.0. The summed E-state index contributed by atoms with van der Waals surface area (Å²) in [5.41, 5.74) is 5.20. The highest BCUT2D eigenvalue weighted by Crippen LogP contribution is 2.16. The Balaban J connectivity index is 2.16. The maximum atomic E-state index is 13.2. The summed E-state index contributed by atoms with van der Waals surface area (Å²) in [5.74, 6) is 0.404. The van der Waals surface area contributed by atoms with Crippen molar-refractivity contribution in [2.24, 2.45) is 0 Å². The van der Waals surface area contributed by atoms with Crippen molar-refractivity contribution in [2.45, 2.75) is 18.4 Å². The van der Waals surface area contributed by atoms with Crippen molar-refractivity contribution in [3.8, 4) is 0 Å². The first-order valence-corrected chi connectivity index (χ1v) is 6.97. The fourth-order valence-corrected chi connectivity index (χ4v) is 2.51. The molecule has 0 bridgehead atoms. The Kier molecular flexibility index (Phi) is 3.59. The molecule has 2 aromatic rings. The molecule has 0 aliphatic carbocycles. The van der Waals surface area contributed by atoms with Gasteiger partial charge in [-0.25, -0.2) is 17.5 Å². The molecule has 0 fully saturated rings. The number of benzene rings is 1. The first-order chi connectivity index (χ1) is 8.88. The summed E-state index contributed by atoms with van der Waals surface area (Å²) < 4.78 is 44.6. The van der Waals surface area contributed by atoms with E-state index in [1.807, 2.05) is 0 Å². The third-order valence-corrected chi connectivity index (χ3v) is 3.91. The Morgan fingerprint density at radius 3 is 2.63 bits per heavy atom. The van der Waals surface area contributed by atoms with Crippen LogP contribution in [0, 0.1) is 12.7 Å². The van der Waals surface area contributed by atoms with Crippen molar-refractivity contribution in [1.82, 2.24) is 4.72 Å².